The molecule has 5 nitrogen and oxygen atoms in total. The van der Waals surface area contributed by atoms with E-state index in [1.165, 1.54) is 0 Å². The van der Waals surface area contributed by atoms with E-state index in [9.17, 15) is 4.79 Å². The third-order valence-corrected chi connectivity index (χ3v) is 4.43. The Morgan fingerprint density at radius 3 is 2.75 bits per heavy atom. The lowest BCUT2D eigenvalue weighted by Crippen LogP contribution is -2.25. The van der Waals surface area contributed by atoms with E-state index in [1.807, 2.05) is 42.6 Å². The second kappa shape index (κ2) is 5.53. The van der Waals surface area contributed by atoms with Crippen LogP contribution in [0.15, 0.2) is 49.2 Å². The topological polar surface area (TPSA) is 58.2 Å². The molecule has 0 fully saturated rings. The Hall–Kier alpha value is -3.08. The summed E-state index contributed by atoms with van der Waals surface area (Å²) in [5.41, 5.74) is 5.30. The van der Waals surface area contributed by atoms with Gasteiger partial charge in [-0.2, -0.15) is 0 Å². The van der Waals surface area contributed by atoms with Crippen LogP contribution in [0.4, 0.5) is 0 Å². The van der Waals surface area contributed by atoms with Crippen molar-refractivity contribution in [3.8, 4) is 5.88 Å². The molecule has 0 saturated heterocycles. The molecule has 5 heteroatoms. The molecule has 120 valence electrons. The third kappa shape index (κ3) is 2.17. The Balaban J connectivity index is 1.58. The molecule has 3 heterocycles. The zero-order valence-corrected chi connectivity index (χ0v) is 13.4. The first-order chi connectivity index (χ1) is 11.7. The van der Waals surface area contributed by atoms with Gasteiger partial charge in [0, 0.05) is 35.6 Å². The van der Waals surface area contributed by atoms with E-state index in [2.05, 4.69) is 16.5 Å². The van der Waals surface area contributed by atoms with Gasteiger partial charge in [0.05, 0.1) is 18.1 Å². The van der Waals surface area contributed by atoms with E-state index in [1.54, 1.807) is 12.0 Å². The van der Waals surface area contributed by atoms with Crippen molar-refractivity contribution in [2.75, 3.05) is 13.7 Å². The molecule has 0 atom stereocenters. The lowest BCUT2D eigenvalue weighted by molar-refractivity contribution is 0.0852. The molecular weight excluding hydrogens is 302 g/mol. The highest BCUT2D eigenvalue weighted by atomic mass is 16.5. The van der Waals surface area contributed by atoms with E-state index in [0.29, 0.717) is 18.8 Å². The van der Waals surface area contributed by atoms with Gasteiger partial charge in [-0.05, 0) is 24.1 Å². The summed E-state index contributed by atoms with van der Waals surface area (Å²) in [5.74, 6) is 0.596. The number of aromatic amines is 1. The van der Waals surface area contributed by atoms with E-state index in [4.69, 9.17) is 4.74 Å². The van der Waals surface area contributed by atoms with E-state index < -0.39 is 0 Å². The summed E-state index contributed by atoms with van der Waals surface area (Å²) in [5, 5.41) is 0. The molecule has 1 aromatic carbocycles. The van der Waals surface area contributed by atoms with E-state index >= 15 is 0 Å². The third-order valence-electron chi connectivity index (χ3n) is 4.43. The van der Waals surface area contributed by atoms with Crippen LogP contribution in [-0.2, 0) is 6.42 Å². The highest BCUT2D eigenvalue weighted by Gasteiger charge is 2.30. The van der Waals surface area contributed by atoms with Gasteiger partial charge in [0.2, 0.25) is 5.88 Å². The maximum atomic E-state index is 12.6. The average molecular weight is 319 g/mol. The second-order valence-corrected chi connectivity index (χ2v) is 5.76. The SMILES string of the molecule is C=C1c2ccccc2C(=O)N1CCc1c[nH]c2ccc(OC)nc12. The minimum absolute atomic E-state index is 0.0148. The minimum atomic E-state index is 0.0148. The summed E-state index contributed by atoms with van der Waals surface area (Å²) in [6.07, 6.45) is 2.63. The van der Waals surface area contributed by atoms with E-state index in [-0.39, 0.29) is 5.91 Å². The van der Waals surface area contributed by atoms with Gasteiger partial charge in [-0.15, -0.1) is 0 Å². The lowest BCUT2D eigenvalue weighted by atomic mass is 10.1. The fourth-order valence-corrected chi connectivity index (χ4v) is 3.14. The predicted octanol–water partition coefficient (Wildman–Crippen LogP) is 3.24. The summed E-state index contributed by atoms with van der Waals surface area (Å²) >= 11 is 0. The van der Waals surface area contributed by atoms with Crippen molar-refractivity contribution < 1.29 is 9.53 Å². The first-order valence-corrected chi connectivity index (χ1v) is 7.80. The normalized spacial score (nSPS) is 13.6. The number of pyridine rings is 1. The van der Waals surface area contributed by atoms with Crippen LogP contribution < -0.4 is 4.74 Å². The quantitative estimate of drug-likeness (QED) is 0.803. The Labute approximate surface area is 139 Å². The molecule has 24 heavy (non-hydrogen) atoms. The number of hydrogen-bond acceptors (Lipinski definition) is 3. The van der Waals surface area contributed by atoms with Gasteiger partial charge in [-0.3, -0.25) is 4.79 Å². The number of H-pyrrole nitrogens is 1. The second-order valence-electron chi connectivity index (χ2n) is 5.76. The smallest absolute Gasteiger partial charge is 0.258 e. The first kappa shape index (κ1) is 14.5. The molecule has 1 aliphatic heterocycles. The summed E-state index contributed by atoms with van der Waals surface area (Å²) in [6, 6.07) is 11.4. The van der Waals surface area contributed by atoms with Crippen LogP contribution in [-0.4, -0.2) is 34.4 Å². The van der Waals surface area contributed by atoms with Gasteiger partial charge in [0.1, 0.15) is 0 Å². The maximum Gasteiger partial charge on any atom is 0.258 e. The molecule has 0 aliphatic carbocycles. The first-order valence-electron chi connectivity index (χ1n) is 7.80. The summed E-state index contributed by atoms with van der Waals surface area (Å²) in [4.78, 5) is 22.0. The van der Waals surface area contributed by atoms with Crippen LogP contribution in [0.2, 0.25) is 0 Å². The fraction of sp³-hybridized carbons (Fsp3) is 0.158. The Morgan fingerprint density at radius 2 is 2.00 bits per heavy atom. The van der Waals surface area contributed by atoms with Crippen molar-refractivity contribution in [2.24, 2.45) is 0 Å². The van der Waals surface area contributed by atoms with Gasteiger partial charge in [-0.1, -0.05) is 24.8 Å². The van der Waals surface area contributed by atoms with Gasteiger partial charge in [0.25, 0.3) is 5.91 Å². The molecule has 4 rings (SSSR count). The maximum absolute atomic E-state index is 12.6. The number of benzene rings is 1. The number of nitrogens with one attached hydrogen (secondary N) is 1. The number of amides is 1. The monoisotopic (exact) mass is 319 g/mol. The Kier molecular flexibility index (Phi) is 3.34. The largest absolute Gasteiger partial charge is 0.481 e. The minimum Gasteiger partial charge on any atom is -0.481 e. The zero-order chi connectivity index (χ0) is 16.7. The zero-order valence-electron chi connectivity index (χ0n) is 13.4. The van der Waals surface area contributed by atoms with Crippen LogP contribution >= 0.6 is 0 Å². The van der Waals surface area contributed by atoms with Crippen LogP contribution in [0.25, 0.3) is 16.7 Å². The van der Waals surface area contributed by atoms with Gasteiger partial charge in [-0.25, -0.2) is 4.98 Å². The van der Waals surface area contributed by atoms with Crippen molar-refractivity contribution in [1.82, 2.24) is 14.9 Å². The molecule has 3 aromatic rings. The summed E-state index contributed by atoms with van der Waals surface area (Å²) in [6.45, 7) is 4.65. The number of carbonyl (C=O) groups excluding carboxylic acids is 1. The predicted molar refractivity (Wildman–Crippen MR) is 92.9 cm³/mol. The van der Waals surface area contributed by atoms with Gasteiger partial charge < -0.3 is 14.6 Å². The van der Waals surface area contributed by atoms with Gasteiger partial charge >= 0.3 is 0 Å². The molecule has 1 amide bonds. The number of methoxy groups -OCH3 is 1. The van der Waals surface area contributed by atoms with Crippen molar-refractivity contribution in [3.63, 3.8) is 0 Å². The molecule has 0 unspecified atom stereocenters. The number of fused-ring (bicyclic) bond motifs is 2. The van der Waals surface area contributed by atoms with Crippen LogP contribution in [0, 0.1) is 0 Å². The number of nitrogens with zero attached hydrogens (tertiary/aromatic N) is 2. The molecule has 0 spiro atoms. The molecule has 1 aliphatic rings. The van der Waals surface area contributed by atoms with Crippen molar-refractivity contribution in [2.45, 2.75) is 6.42 Å². The van der Waals surface area contributed by atoms with Crippen LogP contribution in [0.1, 0.15) is 21.5 Å². The molecule has 0 bridgehead atoms. The van der Waals surface area contributed by atoms with Crippen molar-refractivity contribution >= 4 is 22.6 Å². The highest BCUT2D eigenvalue weighted by molar-refractivity contribution is 6.08. The van der Waals surface area contributed by atoms with Gasteiger partial charge in [0.15, 0.2) is 0 Å². The molecule has 2 aromatic heterocycles. The summed E-state index contributed by atoms with van der Waals surface area (Å²) < 4.78 is 5.20. The molecule has 1 N–H and O–H groups in total. The molecule has 0 radical (unpaired) electrons. The van der Waals surface area contributed by atoms with E-state index in [0.717, 1.165) is 33.4 Å². The fourth-order valence-electron chi connectivity index (χ4n) is 3.14. The average Bonchev–Trinajstić information content (AvgIpc) is 3.13. The summed E-state index contributed by atoms with van der Waals surface area (Å²) in [7, 11) is 1.60. The Bertz CT molecular complexity index is 923. The number of rotatable bonds is 4. The highest BCUT2D eigenvalue weighted by Crippen LogP contribution is 2.31. The number of hydrogen-bond donors (Lipinski definition) is 1. The lowest BCUT2D eigenvalue weighted by Gasteiger charge is -2.17. The van der Waals surface area contributed by atoms with Crippen molar-refractivity contribution in [3.05, 3.63) is 65.9 Å². The molecule has 0 saturated carbocycles. The van der Waals surface area contributed by atoms with Crippen LogP contribution in [0.5, 0.6) is 5.88 Å². The van der Waals surface area contributed by atoms with Crippen molar-refractivity contribution in [1.29, 1.82) is 0 Å². The molecular formula is C19H17N3O2. The number of carbonyl (C=O) groups is 1. The standard InChI is InChI=1S/C19H17N3O2/c1-12-14-5-3-4-6-15(14)19(23)22(12)10-9-13-11-20-16-7-8-17(24-2)21-18(13)16/h3-8,11,20H,1,9-10H2,2H3. The number of ether oxygens (including phenoxy) is 1. The van der Waals surface area contributed by atoms with Crippen LogP contribution in [0.3, 0.4) is 0 Å². The Morgan fingerprint density at radius 1 is 1.21 bits per heavy atom. The number of aromatic nitrogens is 2.